The van der Waals surface area contributed by atoms with Crippen molar-refractivity contribution in [1.82, 2.24) is 0 Å². The zero-order valence-electron chi connectivity index (χ0n) is 3.31. The number of ether oxygens (including phenoxy) is 1. The number of hydrogen-bond donors (Lipinski definition) is 0. The minimum absolute atomic E-state index is 0.310. The monoisotopic (exact) mass is 121 g/mol. The second-order valence-corrected chi connectivity index (χ2v) is 0.958. The van der Waals surface area contributed by atoms with Crippen molar-refractivity contribution in [3.05, 3.63) is 0 Å². The molecule has 0 bridgehead atoms. The largest absolute Gasteiger partial charge is 0.425 e. The summed E-state index contributed by atoms with van der Waals surface area (Å²) in [7, 11) is 0. The number of hydrogen-bond acceptors (Lipinski definition) is 3. The normalized spacial score (nSPS) is 7.57. The Labute approximate surface area is 45.2 Å². The minimum atomic E-state index is -0.781. The molecule has 7 heavy (non-hydrogen) atoms. The van der Waals surface area contributed by atoms with Crippen LogP contribution in [0.1, 0.15) is 0 Å². The zero-order valence-corrected chi connectivity index (χ0v) is 4.07. The zero-order chi connectivity index (χ0) is 5.70. The van der Waals surface area contributed by atoms with Crippen molar-refractivity contribution in [1.29, 1.82) is 0 Å². The SMILES string of the molecule is O=[C]OC(=O)CCl. The van der Waals surface area contributed by atoms with Gasteiger partial charge in [0.1, 0.15) is 5.88 Å². The van der Waals surface area contributed by atoms with E-state index in [4.69, 9.17) is 16.4 Å². The number of esters is 1. The van der Waals surface area contributed by atoms with Gasteiger partial charge in [-0.3, -0.25) is 4.79 Å². The third-order valence-corrected chi connectivity index (χ3v) is 0.483. The van der Waals surface area contributed by atoms with Crippen molar-refractivity contribution in [3.8, 4) is 0 Å². The van der Waals surface area contributed by atoms with Gasteiger partial charge in [-0.1, -0.05) is 0 Å². The van der Waals surface area contributed by atoms with E-state index in [0.29, 0.717) is 0 Å². The average molecular weight is 121 g/mol. The van der Waals surface area contributed by atoms with Crippen molar-refractivity contribution in [3.63, 3.8) is 0 Å². The fraction of sp³-hybridized carbons (Fsp3) is 0.333. The molecule has 3 nitrogen and oxygen atoms in total. The highest BCUT2D eigenvalue weighted by atomic mass is 35.5. The van der Waals surface area contributed by atoms with Crippen molar-refractivity contribution in [2.24, 2.45) is 0 Å². The lowest BCUT2D eigenvalue weighted by Crippen LogP contribution is -2.02. The first-order chi connectivity index (χ1) is 3.31. The molecule has 0 aromatic rings. The summed E-state index contributed by atoms with van der Waals surface area (Å²) in [5.74, 6) is -1.09. The molecule has 0 fully saturated rings. The molecule has 0 rings (SSSR count). The quantitative estimate of drug-likeness (QED) is 0.290. The Kier molecular flexibility index (Phi) is 3.32. The summed E-state index contributed by atoms with van der Waals surface area (Å²) in [5, 5.41) is 0. The van der Waals surface area contributed by atoms with Gasteiger partial charge in [0.25, 0.3) is 0 Å². The molecular weight excluding hydrogens is 119 g/mol. The Morgan fingerprint density at radius 3 is 2.57 bits per heavy atom. The molecule has 1 radical (unpaired) electrons. The summed E-state index contributed by atoms with van der Waals surface area (Å²) in [5.41, 5.74) is 0. The van der Waals surface area contributed by atoms with Crippen LogP contribution >= 0.6 is 11.6 Å². The Morgan fingerprint density at radius 2 is 2.43 bits per heavy atom. The lowest BCUT2D eigenvalue weighted by Gasteiger charge is -1.82. The highest BCUT2D eigenvalue weighted by Gasteiger charge is 1.95. The van der Waals surface area contributed by atoms with Crippen molar-refractivity contribution in [2.75, 3.05) is 5.88 Å². The summed E-state index contributed by atoms with van der Waals surface area (Å²) in [6, 6.07) is 0. The first kappa shape index (κ1) is 6.43. The van der Waals surface area contributed by atoms with Gasteiger partial charge < -0.3 is 4.74 Å². The predicted molar refractivity (Wildman–Crippen MR) is 22.5 cm³/mol. The molecule has 0 aliphatic rings. The second kappa shape index (κ2) is 3.61. The molecule has 4 heteroatoms. The third kappa shape index (κ3) is 3.26. The van der Waals surface area contributed by atoms with Gasteiger partial charge in [-0.15, -0.1) is 11.6 Å². The van der Waals surface area contributed by atoms with Gasteiger partial charge in [0.05, 0.1) is 0 Å². The minimum Gasteiger partial charge on any atom is -0.384 e. The average Bonchev–Trinajstić information content (AvgIpc) is 1.68. The standard InChI is InChI=1S/C3H2ClO3/c4-1-3(6)7-2-5/h1H2. The van der Waals surface area contributed by atoms with Gasteiger partial charge >= 0.3 is 12.4 Å². The molecule has 0 heterocycles. The number of alkyl halides is 1. The van der Waals surface area contributed by atoms with Crippen LogP contribution < -0.4 is 0 Å². The first-order valence-corrected chi connectivity index (χ1v) is 1.97. The Bertz CT molecular complexity index is 80.2. The van der Waals surface area contributed by atoms with Crippen LogP contribution in [0.3, 0.4) is 0 Å². The molecule has 39 valence electrons. The third-order valence-electron chi connectivity index (χ3n) is 0.265. The number of halogens is 1. The number of carbonyl (C=O) groups is 1. The molecule has 0 aliphatic heterocycles. The van der Waals surface area contributed by atoms with Crippen molar-refractivity contribution >= 4 is 24.0 Å². The lowest BCUT2D eigenvalue weighted by molar-refractivity contribution is -0.132. The molecule has 0 aliphatic carbocycles. The van der Waals surface area contributed by atoms with Crippen LogP contribution in [0.5, 0.6) is 0 Å². The van der Waals surface area contributed by atoms with Crippen LogP contribution in [0.4, 0.5) is 0 Å². The summed E-state index contributed by atoms with van der Waals surface area (Å²) in [4.78, 5) is 18.9. The van der Waals surface area contributed by atoms with E-state index in [2.05, 4.69) is 4.74 Å². The maximum absolute atomic E-state index is 9.80. The van der Waals surface area contributed by atoms with E-state index in [-0.39, 0.29) is 5.88 Å². The fourth-order valence-corrected chi connectivity index (χ4v) is 0.128. The highest BCUT2D eigenvalue weighted by molar-refractivity contribution is 6.26. The Hall–Kier alpha value is -0.570. The van der Waals surface area contributed by atoms with Crippen LogP contribution in [0.15, 0.2) is 0 Å². The topological polar surface area (TPSA) is 43.4 Å². The summed E-state index contributed by atoms with van der Waals surface area (Å²) < 4.78 is 3.61. The van der Waals surface area contributed by atoms with Gasteiger partial charge in [0.15, 0.2) is 0 Å². The first-order valence-electron chi connectivity index (χ1n) is 1.44. The second-order valence-electron chi connectivity index (χ2n) is 0.691. The number of carbonyl (C=O) groups excluding carboxylic acids is 2. The molecule has 0 aromatic carbocycles. The van der Waals surface area contributed by atoms with Crippen LogP contribution in [0, 0.1) is 0 Å². The van der Waals surface area contributed by atoms with E-state index in [1.54, 1.807) is 0 Å². The van der Waals surface area contributed by atoms with E-state index < -0.39 is 5.97 Å². The molecule has 0 atom stereocenters. The van der Waals surface area contributed by atoms with E-state index in [0.717, 1.165) is 6.47 Å². The van der Waals surface area contributed by atoms with E-state index >= 15 is 0 Å². The number of rotatable bonds is 2. The van der Waals surface area contributed by atoms with Gasteiger partial charge in [-0.05, 0) is 0 Å². The lowest BCUT2D eigenvalue weighted by atomic mass is 10.8. The summed E-state index contributed by atoms with van der Waals surface area (Å²) >= 11 is 4.88. The van der Waals surface area contributed by atoms with Crippen LogP contribution in [0.25, 0.3) is 0 Å². The summed E-state index contributed by atoms with van der Waals surface area (Å²) in [6.45, 7) is 0.934. The maximum Gasteiger partial charge on any atom is 0.425 e. The maximum atomic E-state index is 9.80. The van der Waals surface area contributed by atoms with Crippen LogP contribution in [-0.4, -0.2) is 18.3 Å². The predicted octanol–water partition coefficient (Wildman–Crippen LogP) is -0.164. The van der Waals surface area contributed by atoms with E-state index in [1.165, 1.54) is 0 Å². The molecule has 0 N–H and O–H groups in total. The molecular formula is C3H2ClO3. The summed E-state index contributed by atoms with van der Waals surface area (Å²) in [6.07, 6.45) is 0. The van der Waals surface area contributed by atoms with Gasteiger partial charge in [-0.2, -0.15) is 0 Å². The fourth-order valence-electron chi connectivity index (χ4n) is 0.0738. The molecule has 0 unspecified atom stereocenters. The van der Waals surface area contributed by atoms with Gasteiger partial charge in [-0.25, -0.2) is 4.79 Å². The van der Waals surface area contributed by atoms with Crippen molar-refractivity contribution < 1.29 is 14.3 Å². The Balaban J connectivity index is 3.17. The smallest absolute Gasteiger partial charge is 0.384 e. The van der Waals surface area contributed by atoms with Gasteiger partial charge in [0.2, 0.25) is 0 Å². The Morgan fingerprint density at radius 1 is 1.86 bits per heavy atom. The molecule has 0 aromatic heterocycles. The molecule has 0 amide bonds. The van der Waals surface area contributed by atoms with Gasteiger partial charge in [0, 0.05) is 0 Å². The molecule has 0 spiro atoms. The highest BCUT2D eigenvalue weighted by Crippen LogP contribution is 1.76. The van der Waals surface area contributed by atoms with Crippen molar-refractivity contribution in [2.45, 2.75) is 0 Å². The van der Waals surface area contributed by atoms with E-state index in [1.807, 2.05) is 0 Å². The van der Waals surface area contributed by atoms with Crippen LogP contribution in [-0.2, 0) is 14.3 Å². The molecule has 0 saturated carbocycles. The molecule has 0 saturated heterocycles. The van der Waals surface area contributed by atoms with E-state index in [9.17, 15) is 4.79 Å². The van der Waals surface area contributed by atoms with Crippen LogP contribution in [0.2, 0.25) is 0 Å².